The highest BCUT2D eigenvalue weighted by Gasteiger charge is 2.27. The van der Waals surface area contributed by atoms with E-state index in [4.69, 9.17) is 12.2 Å². The van der Waals surface area contributed by atoms with Gasteiger partial charge in [0.15, 0.2) is 10.6 Å². The van der Waals surface area contributed by atoms with Gasteiger partial charge in [0.25, 0.3) is 0 Å². The van der Waals surface area contributed by atoms with E-state index in [0.717, 1.165) is 4.88 Å². The van der Waals surface area contributed by atoms with Crippen molar-refractivity contribution in [1.82, 2.24) is 14.8 Å². The summed E-state index contributed by atoms with van der Waals surface area (Å²) in [6.45, 7) is 0.173. The van der Waals surface area contributed by atoms with Gasteiger partial charge in [0.1, 0.15) is 0 Å². The molecule has 0 saturated carbocycles. The lowest BCUT2D eigenvalue weighted by Gasteiger charge is -2.07. The van der Waals surface area contributed by atoms with E-state index < -0.39 is 5.51 Å². The number of alkyl halides is 3. The van der Waals surface area contributed by atoms with Crippen LogP contribution in [0.15, 0.2) is 17.5 Å². The van der Waals surface area contributed by atoms with Crippen LogP contribution in [0, 0.1) is 4.77 Å². The molecule has 0 unspecified atom stereocenters. The van der Waals surface area contributed by atoms with Crippen molar-refractivity contribution in [1.29, 1.82) is 0 Å². The van der Waals surface area contributed by atoms with Gasteiger partial charge in [-0.3, -0.25) is 9.67 Å². The van der Waals surface area contributed by atoms with Gasteiger partial charge in [-0.2, -0.15) is 18.3 Å². The molecule has 2 aromatic heterocycles. The lowest BCUT2D eigenvalue weighted by molar-refractivity contribution is -0.0328. The Hall–Kier alpha value is -0.800. The zero-order valence-electron chi connectivity index (χ0n) is 8.90. The Morgan fingerprint density at radius 1 is 1.50 bits per heavy atom. The number of hydrogen-bond acceptors (Lipinski definition) is 4. The van der Waals surface area contributed by atoms with Gasteiger partial charge in [-0.1, -0.05) is 6.07 Å². The van der Waals surface area contributed by atoms with Gasteiger partial charge in [-0.25, -0.2) is 0 Å². The Morgan fingerprint density at radius 2 is 2.28 bits per heavy atom. The van der Waals surface area contributed by atoms with Gasteiger partial charge >= 0.3 is 5.51 Å². The quantitative estimate of drug-likeness (QED) is 0.869. The van der Waals surface area contributed by atoms with Crippen molar-refractivity contribution in [3.63, 3.8) is 0 Å². The third kappa shape index (κ3) is 3.36. The van der Waals surface area contributed by atoms with Crippen molar-refractivity contribution >= 4 is 35.3 Å². The molecule has 0 aliphatic carbocycles. The number of H-pyrrole nitrogens is 1. The number of aromatic amines is 1. The Kier molecular flexibility index (Phi) is 4.13. The Balaban J connectivity index is 2.13. The molecule has 2 heterocycles. The van der Waals surface area contributed by atoms with Crippen LogP contribution in [0.1, 0.15) is 0 Å². The minimum atomic E-state index is -4.21. The monoisotopic (exact) mass is 311 g/mol. The maximum atomic E-state index is 12.1. The van der Waals surface area contributed by atoms with Gasteiger partial charge < -0.3 is 0 Å². The van der Waals surface area contributed by atoms with Crippen LogP contribution in [-0.4, -0.2) is 26.0 Å². The average molecular weight is 311 g/mol. The predicted molar refractivity (Wildman–Crippen MR) is 69.2 cm³/mol. The fraction of sp³-hybridized carbons (Fsp3) is 0.333. The standard InChI is InChI=1S/C9H8F3N3S3/c10-9(11,12)18-5-3-15-7(13-14-8(15)16)6-2-1-4-17-6/h1-2,4H,3,5H2,(H,14,16). The minimum Gasteiger partial charge on any atom is -0.299 e. The lowest BCUT2D eigenvalue weighted by Crippen LogP contribution is -2.08. The minimum absolute atomic E-state index is 0.0589. The highest BCUT2D eigenvalue weighted by atomic mass is 32.2. The predicted octanol–water partition coefficient (Wildman–Crippen LogP) is 3.92. The zero-order chi connectivity index (χ0) is 13.2. The van der Waals surface area contributed by atoms with E-state index in [1.807, 2.05) is 17.5 Å². The molecule has 0 aliphatic rings. The van der Waals surface area contributed by atoms with Crippen LogP contribution in [-0.2, 0) is 6.54 Å². The van der Waals surface area contributed by atoms with E-state index in [0.29, 0.717) is 10.6 Å². The second-order valence-electron chi connectivity index (χ2n) is 3.28. The van der Waals surface area contributed by atoms with Crippen molar-refractivity contribution in [2.45, 2.75) is 12.1 Å². The summed E-state index contributed by atoms with van der Waals surface area (Å²) in [6.07, 6.45) is 0. The van der Waals surface area contributed by atoms with E-state index in [9.17, 15) is 13.2 Å². The number of rotatable bonds is 4. The average Bonchev–Trinajstić information content (AvgIpc) is 2.87. The number of thiophene rings is 1. The first-order valence-corrected chi connectivity index (χ1v) is 7.14. The maximum absolute atomic E-state index is 12.1. The fourth-order valence-electron chi connectivity index (χ4n) is 1.37. The molecule has 0 fully saturated rings. The first kappa shape index (κ1) is 13.6. The number of thioether (sulfide) groups is 1. The van der Waals surface area contributed by atoms with E-state index in [1.54, 1.807) is 4.57 Å². The van der Waals surface area contributed by atoms with Crippen LogP contribution in [0.25, 0.3) is 10.7 Å². The smallest absolute Gasteiger partial charge is 0.299 e. The molecule has 0 spiro atoms. The molecule has 0 radical (unpaired) electrons. The Labute approximate surface area is 114 Å². The normalized spacial score (nSPS) is 11.9. The largest absolute Gasteiger partial charge is 0.441 e. The highest BCUT2D eigenvalue weighted by Crippen LogP contribution is 2.30. The van der Waals surface area contributed by atoms with Gasteiger partial charge in [0.05, 0.1) is 4.88 Å². The summed E-state index contributed by atoms with van der Waals surface area (Å²) in [5, 5.41) is 8.52. The summed E-state index contributed by atoms with van der Waals surface area (Å²) in [6, 6.07) is 3.70. The molecule has 18 heavy (non-hydrogen) atoms. The topological polar surface area (TPSA) is 33.6 Å². The molecule has 2 rings (SSSR count). The number of aromatic nitrogens is 3. The zero-order valence-corrected chi connectivity index (χ0v) is 11.3. The van der Waals surface area contributed by atoms with Gasteiger partial charge in [-0.05, 0) is 35.4 Å². The molecule has 0 atom stereocenters. The summed E-state index contributed by atoms with van der Waals surface area (Å²) >= 11 is 6.42. The molecule has 98 valence electrons. The SMILES string of the molecule is FC(F)(F)SCCn1c(-c2cccs2)n[nH]c1=S. The molecule has 1 N–H and O–H groups in total. The van der Waals surface area contributed by atoms with Crippen LogP contribution in [0.2, 0.25) is 0 Å². The van der Waals surface area contributed by atoms with Crippen LogP contribution in [0.3, 0.4) is 0 Å². The maximum Gasteiger partial charge on any atom is 0.441 e. The lowest BCUT2D eigenvalue weighted by atomic mass is 10.4. The van der Waals surface area contributed by atoms with Crippen molar-refractivity contribution in [3.05, 3.63) is 22.3 Å². The van der Waals surface area contributed by atoms with Crippen molar-refractivity contribution in [2.24, 2.45) is 0 Å². The number of nitrogens with one attached hydrogen (secondary N) is 1. The van der Waals surface area contributed by atoms with Crippen LogP contribution >= 0.6 is 35.3 Å². The fourth-order valence-corrected chi connectivity index (χ4v) is 2.82. The molecule has 9 heteroatoms. The summed E-state index contributed by atoms with van der Waals surface area (Å²) in [5.74, 6) is 0.494. The Bertz CT molecular complexity index is 556. The molecule has 0 aromatic carbocycles. The summed E-state index contributed by atoms with van der Waals surface area (Å²) in [5.41, 5.74) is -4.21. The number of halogens is 3. The second-order valence-corrected chi connectivity index (χ2v) is 5.77. The van der Waals surface area contributed by atoms with Crippen LogP contribution in [0.5, 0.6) is 0 Å². The third-order valence-electron chi connectivity index (χ3n) is 2.08. The van der Waals surface area contributed by atoms with Crippen molar-refractivity contribution in [3.8, 4) is 10.7 Å². The Morgan fingerprint density at radius 3 is 2.89 bits per heavy atom. The first-order chi connectivity index (χ1) is 8.47. The molecule has 0 aliphatic heterocycles. The highest BCUT2D eigenvalue weighted by molar-refractivity contribution is 8.00. The van der Waals surface area contributed by atoms with Crippen molar-refractivity contribution in [2.75, 3.05) is 5.75 Å². The third-order valence-corrected chi connectivity index (χ3v) is 3.97. The van der Waals surface area contributed by atoms with Crippen molar-refractivity contribution < 1.29 is 13.2 Å². The van der Waals surface area contributed by atoms with Gasteiger partial charge in [0.2, 0.25) is 0 Å². The van der Waals surface area contributed by atoms with E-state index >= 15 is 0 Å². The molecule has 0 bridgehead atoms. The van der Waals surface area contributed by atoms with Gasteiger partial charge in [0, 0.05) is 12.3 Å². The van der Waals surface area contributed by atoms with Crippen LogP contribution < -0.4 is 0 Å². The molecule has 0 saturated heterocycles. The summed E-state index contributed by atoms with van der Waals surface area (Å²) < 4.78 is 38.1. The van der Waals surface area contributed by atoms with E-state index in [2.05, 4.69) is 10.2 Å². The number of hydrogen-bond donors (Lipinski definition) is 1. The molecule has 0 amide bonds. The first-order valence-electron chi connectivity index (χ1n) is 4.87. The second kappa shape index (κ2) is 5.45. The summed E-state index contributed by atoms with van der Waals surface area (Å²) in [4.78, 5) is 0.874. The summed E-state index contributed by atoms with van der Waals surface area (Å²) in [7, 11) is 0. The van der Waals surface area contributed by atoms with Gasteiger partial charge in [-0.15, -0.1) is 11.3 Å². The molecule has 3 nitrogen and oxygen atoms in total. The van der Waals surface area contributed by atoms with E-state index in [1.165, 1.54) is 11.3 Å². The number of nitrogens with zero attached hydrogens (tertiary/aromatic N) is 2. The molecular weight excluding hydrogens is 303 g/mol. The van der Waals surface area contributed by atoms with E-state index in [-0.39, 0.29) is 24.1 Å². The molecule has 2 aromatic rings. The molecular formula is C9H8F3N3S3. The van der Waals surface area contributed by atoms with Crippen LogP contribution in [0.4, 0.5) is 13.2 Å².